The maximum Gasteiger partial charge on any atom is 0.263 e. The van der Waals surface area contributed by atoms with Crippen LogP contribution in [-0.2, 0) is 16.6 Å². The Balaban J connectivity index is 1.94. The Hall–Kier alpha value is -2.19. The normalized spacial score (nSPS) is 11.8. The van der Waals surface area contributed by atoms with Crippen LogP contribution < -0.4 is 14.2 Å². The minimum atomic E-state index is -3.82. The summed E-state index contributed by atoms with van der Waals surface area (Å²) in [5, 5.41) is 0.979. The Morgan fingerprint density at radius 1 is 1.07 bits per heavy atom. The summed E-state index contributed by atoms with van der Waals surface area (Å²) in [6.45, 7) is 5.23. The van der Waals surface area contributed by atoms with Gasteiger partial charge in [-0.15, -0.1) is 0 Å². The van der Waals surface area contributed by atoms with Crippen molar-refractivity contribution in [2.75, 3.05) is 18.9 Å². The van der Waals surface area contributed by atoms with E-state index in [9.17, 15) is 8.42 Å². The fourth-order valence-electron chi connectivity index (χ4n) is 3.07. The van der Waals surface area contributed by atoms with Crippen LogP contribution in [0.25, 0.3) is 10.9 Å². The molecule has 3 rings (SSSR count). The number of ether oxygens (including phenoxy) is 2. The van der Waals surface area contributed by atoms with Gasteiger partial charge in [0.15, 0.2) is 11.5 Å². The van der Waals surface area contributed by atoms with Gasteiger partial charge in [0.25, 0.3) is 10.0 Å². The molecule has 2 aromatic carbocycles. The van der Waals surface area contributed by atoms with E-state index >= 15 is 0 Å². The smallest absolute Gasteiger partial charge is 0.263 e. The van der Waals surface area contributed by atoms with Crippen LogP contribution in [-0.4, -0.2) is 27.2 Å². The fraction of sp³-hybridized carbons (Fsp3) is 0.300. The average molecular weight is 467 g/mol. The molecular weight excluding hydrogens is 444 g/mol. The van der Waals surface area contributed by atoms with Gasteiger partial charge in [0.2, 0.25) is 0 Å². The van der Waals surface area contributed by atoms with Crippen LogP contribution in [0.3, 0.4) is 0 Å². The van der Waals surface area contributed by atoms with Crippen molar-refractivity contribution in [1.29, 1.82) is 0 Å². The Kier molecular flexibility index (Phi) is 5.90. The van der Waals surface area contributed by atoms with Crippen molar-refractivity contribution >= 4 is 42.5 Å². The van der Waals surface area contributed by atoms with Gasteiger partial charge in [-0.1, -0.05) is 13.8 Å². The molecule has 0 saturated carbocycles. The lowest BCUT2D eigenvalue weighted by Crippen LogP contribution is -2.14. The highest BCUT2D eigenvalue weighted by Crippen LogP contribution is 2.36. The van der Waals surface area contributed by atoms with Gasteiger partial charge in [0.1, 0.15) is 4.90 Å². The van der Waals surface area contributed by atoms with E-state index in [1.54, 1.807) is 12.1 Å². The number of hydrogen-bond donors (Lipinski definition) is 1. The molecule has 0 aliphatic rings. The molecule has 0 amide bonds. The predicted molar refractivity (Wildman–Crippen MR) is 115 cm³/mol. The third kappa shape index (κ3) is 4.12. The third-order valence-electron chi connectivity index (χ3n) is 4.31. The molecule has 0 aliphatic heterocycles. The minimum absolute atomic E-state index is 0.0719. The number of rotatable bonds is 7. The van der Waals surface area contributed by atoms with Crippen molar-refractivity contribution in [3.63, 3.8) is 0 Å². The maximum atomic E-state index is 12.9. The van der Waals surface area contributed by atoms with E-state index in [1.807, 2.05) is 24.4 Å². The van der Waals surface area contributed by atoms with E-state index in [4.69, 9.17) is 9.47 Å². The lowest BCUT2D eigenvalue weighted by molar-refractivity contribution is 0.353. The van der Waals surface area contributed by atoms with E-state index in [0.717, 1.165) is 17.4 Å². The van der Waals surface area contributed by atoms with Crippen molar-refractivity contribution < 1.29 is 17.9 Å². The zero-order valence-electron chi connectivity index (χ0n) is 16.2. The van der Waals surface area contributed by atoms with Crippen LogP contribution in [0.4, 0.5) is 5.69 Å². The number of methoxy groups -OCH3 is 2. The summed E-state index contributed by atoms with van der Waals surface area (Å²) < 4.78 is 41.5. The number of hydrogen-bond acceptors (Lipinski definition) is 4. The Bertz CT molecular complexity index is 1110. The molecule has 6 nitrogen and oxygen atoms in total. The number of halogens is 1. The summed E-state index contributed by atoms with van der Waals surface area (Å²) in [5.41, 5.74) is 1.57. The second kappa shape index (κ2) is 8.05. The fourth-order valence-corrected chi connectivity index (χ4v) is 5.15. The van der Waals surface area contributed by atoms with Gasteiger partial charge in [-0.05, 0) is 52.2 Å². The number of sulfonamides is 1. The van der Waals surface area contributed by atoms with Gasteiger partial charge >= 0.3 is 0 Å². The van der Waals surface area contributed by atoms with Gasteiger partial charge < -0.3 is 14.0 Å². The number of nitrogens with zero attached hydrogens (tertiary/aromatic N) is 1. The van der Waals surface area contributed by atoms with Crippen molar-refractivity contribution in [2.45, 2.75) is 25.3 Å². The number of fused-ring (bicyclic) bond motifs is 1. The molecule has 0 unspecified atom stereocenters. The highest BCUT2D eigenvalue weighted by Gasteiger charge is 2.21. The monoisotopic (exact) mass is 466 g/mol. The molecule has 0 spiro atoms. The first kappa shape index (κ1) is 20.5. The van der Waals surface area contributed by atoms with E-state index in [0.29, 0.717) is 27.6 Å². The molecule has 0 aliphatic carbocycles. The number of aromatic nitrogens is 1. The molecule has 28 heavy (non-hydrogen) atoms. The zero-order valence-corrected chi connectivity index (χ0v) is 18.6. The second-order valence-electron chi connectivity index (χ2n) is 6.88. The largest absolute Gasteiger partial charge is 0.493 e. The summed E-state index contributed by atoms with van der Waals surface area (Å²) in [4.78, 5) is 0.0719. The maximum absolute atomic E-state index is 12.9. The summed E-state index contributed by atoms with van der Waals surface area (Å²) in [6, 6.07) is 10.5. The van der Waals surface area contributed by atoms with Gasteiger partial charge in [-0.25, -0.2) is 8.42 Å². The van der Waals surface area contributed by atoms with Crippen LogP contribution in [0, 0.1) is 5.92 Å². The molecular formula is C20H23BrN2O4S. The molecule has 0 bridgehead atoms. The van der Waals surface area contributed by atoms with Gasteiger partial charge in [-0.2, -0.15) is 0 Å². The minimum Gasteiger partial charge on any atom is -0.493 e. The summed E-state index contributed by atoms with van der Waals surface area (Å²) in [7, 11) is -0.861. The van der Waals surface area contributed by atoms with Crippen LogP contribution in [0.2, 0.25) is 0 Å². The van der Waals surface area contributed by atoms with Crippen molar-refractivity contribution in [3.05, 3.63) is 47.1 Å². The first-order valence-electron chi connectivity index (χ1n) is 8.78. The summed E-state index contributed by atoms with van der Waals surface area (Å²) in [6.07, 6.45) is 2.02. The van der Waals surface area contributed by atoms with Crippen molar-refractivity contribution in [3.8, 4) is 11.5 Å². The second-order valence-corrected chi connectivity index (χ2v) is 9.38. The van der Waals surface area contributed by atoms with Crippen LogP contribution >= 0.6 is 15.9 Å². The molecule has 0 fully saturated rings. The number of nitrogens with one attached hydrogen (secondary N) is 1. The molecule has 0 atom stereocenters. The molecule has 0 radical (unpaired) electrons. The van der Waals surface area contributed by atoms with Crippen LogP contribution in [0.1, 0.15) is 13.8 Å². The lowest BCUT2D eigenvalue weighted by atomic mass is 10.2. The lowest BCUT2D eigenvalue weighted by Gasteiger charge is -2.14. The van der Waals surface area contributed by atoms with Gasteiger partial charge in [0.05, 0.1) is 14.2 Å². The topological polar surface area (TPSA) is 69.6 Å². The highest BCUT2D eigenvalue weighted by molar-refractivity contribution is 9.10. The molecule has 0 saturated heterocycles. The van der Waals surface area contributed by atoms with Crippen molar-refractivity contribution in [1.82, 2.24) is 4.57 Å². The van der Waals surface area contributed by atoms with E-state index < -0.39 is 10.0 Å². The molecule has 1 aromatic heterocycles. The average Bonchev–Trinajstić information content (AvgIpc) is 3.02. The Morgan fingerprint density at radius 3 is 2.39 bits per heavy atom. The highest BCUT2D eigenvalue weighted by atomic mass is 79.9. The Labute approximate surface area is 173 Å². The summed E-state index contributed by atoms with van der Waals surface area (Å²) in [5.74, 6) is 1.31. The Morgan fingerprint density at radius 2 is 1.75 bits per heavy atom. The summed E-state index contributed by atoms with van der Waals surface area (Å²) >= 11 is 3.31. The molecule has 3 aromatic rings. The first-order chi connectivity index (χ1) is 13.2. The molecule has 150 valence electrons. The zero-order chi connectivity index (χ0) is 20.5. The number of benzene rings is 2. The van der Waals surface area contributed by atoms with E-state index in [2.05, 4.69) is 39.1 Å². The molecule has 1 heterocycles. The SMILES string of the molecule is COc1cc(Br)c(S(=O)(=O)Nc2ccc3c(ccn3CC(C)C)c2)cc1OC. The van der Waals surface area contributed by atoms with Crippen molar-refractivity contribution in [2.24, 2.45) is 5.92 Å². The quantitative estimate of drug-likeness (QED) is 0.538. The first-order valence-corrected chi connectivity index (χ1v) is 11.1. The van der Waals surface area contributed by atoms with E-state index in [1.165, 1.54) is 20.3 Å². The van der Waals surface area contributed by atoms with Gasteiger partial charge in [0, 0.05) is 39.9 Å². The predicted octanol–water partition coefficient (Wildman–Crippen LogP) is 4.88. The number of anilines is 1. The molecule has 8 heteroatoms. The van der Waals surface area contributed by atoms with E-state index in [-0.39, 0.29) is 4.90 Å². The third-order valence-corrected chi connectivity index (χ3v) is 6.65. The van der Waals surface area contributed by atoms with Crippen LogP contribution in [0.5, 0.6) is 11.5 Å². The molecule has 1 N–H and O–H groups in total. The standard InChI is InChI=1S/C20H23BrN2O4S/c1-13(2)12-23-8-7-14-9-15(5-6-17(14)23)22-28(24,25)20-11-19(27-4)18(26-3)10-16(20)21/h5-11,13,22H,12H2,1-4H3. The van der Waals surface area contributed by atoms with Gasteiger partial charge in [-0.3, -0.25) is 4.72 Å². The van der Waals surface area contributed by atoms with Crippen LogP contribution in [0.15, 0.2) is 52.0 Å².